The molecular formula is C37H23N3O. The molecule has 0 saturated heterocycles. The second-order valence-corrected chi connectivity index (χ2v) is 10.1. The van der Waals surface area contributed by atoms with E-state index in [0.29, 0.717) is 17.5 Å². The van der Waals surface area contributed by atoms with Gasteiger partial charge in [-0.3, -0.25) is 0 Å². The smallest absolute Gasteiger partial charge is 0.164 e. The molecule has 0 aliphatic rings. The molecule has 0 aliphatic heterocycles. The zero-order chi connectivity index (χ0) is 27.2. The normalized spacial score (nSPS) is 11.4. The van der Waals surface area contributed by atoms with E-state index in [4.69, 9.17) is 19.4 Å². The minimum absolute atomic E-state index is 0.606. The van der Waals surface area contributed by atoms with Crippen LogP contribution in [-0.2, 0) is 0 Å². The lowest BCUT2D eigenvalue weighted by Gasteiger charge is -2.09. The summed E-state index contributed by atoms with van der Waals surface area (Å²) in [6, 6.07) is 47.6. The Kier molecular flexibility index (Phi) is 5.42. The highest BCUT2D eigenvalue weighted by molar-refractivity contribution is 6.06. The third kappa shape index (κ3) is 4.23. The van der Waals surface area contributed by atoms with Gasteiger partial charge in [-0.1, -0.05) is 109 Å². The lowest BCUT2D eigenvalue weighted by Crippen LogP contribution is -2.00. The summed E-state index contributed by atoms with van der Waals surface area (Å²) < 4.78 is 6.38. The number of aromatic nitrogens is 3. The fourth-order valence-corrected chi connectivity index (χ4v) is 5.41. The predicted molar refractivity (Wildman–Crippen MR) is 166 cm³/mol. The van der Waals surface area contributed by atoms with Gasteiger partial charge in [-0.25, -0.2) is 15.0 Å². The zero-order valence-electron chi connectivity index (χ0n) is 22.0. The van der Waals surface area contributed by atoms with E-state index in [1.807, 2.05) is 54.6 Å². The number of rotatable bonds is 4. The van der Waals surface area contributed by atoms with Crippen molar-refractivity contribution in [2.45, 2.75) is 0 Å². The maximum Gasteiger partial charge on any atom is 0.164 e. The SMILES string of the molecule is c1ccc(-c2ccc3c(c2)oc2cc(-c4nc(-c5ccccc5)nc(-c5ccc6ccccc6c5)n4)ccc23)cc1. The van der Waals surface area contributed by atoms with Crippen LogP contribution in [0.4, 0.5) is 0 Å². The third-order valence-corrected chi connectivity index (χ3v) is 7.51. The summed E-state index contributed by atoms with van der Waals surface area (Å²) in [6.07, 6.45) is 0. The molecule has 6 aromatic carbocycles. The van der Waals surface area contributed by atoms with E-state index in [2.05, 4.69) is 84.9 Å². The van der Waals surface area contributed by atoms with Crippen LogP contribution in [0, 0.1) is 0 Å². The minimum Gasteiger partial charge on any atom is -0.456 e. The molecule has 0 saturated carbocycles. The first kappa shape index (κ1) is 23.3. The Balaban J connectivity index is 1.27. The lowest BCUT2D eigenvalue weighted by atomic mass is 10.0. The van der Waals surface area contributed by atoms with Gasteiger partial charge in [0.1, 0.15) is 11.2 Å². The van der Waals surface area contributed by atoms with Crippen LogP contribution < -0.4 is 0 Å². The van der Waals surface area contributed by atoms with Crippen LogP contribution >= 0.6 is 0 Å². The van der Waals surface area contributed by atoms with Crippen LogP contribution in [0.1, 0.15) is 0 Å². The molecule has 8 rings (SSSR count). The van der Waals surface area contributed by atoms with Crippen LogP contribution in [0.5, 0.6) is 0 Å². The van der Waals surface area contributed by atoms with E-state index in [-0.39, 0.29) is 0 Å². The molecule has 0 spiro atoms. The average Bonchev–Trinajstić information content (AvgIpc) is 3.42. The summed E-state index contributed by atoms with van der Waals surface area (Å²) >= 11 is 0. The number of benzene rings is 6. The van der Waals surface area contributed by atoms with Crippen molar-refractivity contribution in [1.29, 1.82) is 0 Å². The zero-order valence-corrected chi connectivity index (χ0v) is 22.0. The average molecular weight is 526 g/mol. The Hall–Kier alpha value is -5.61. The quantitative estimate of drug-likeness (QED) is 0.230. The molecule has 0 fully saturated rings. The summed E-state index contributed by atoms with van der Waals surface area (Å²) in [6.45, 7) is 0. The van der Waals surface area contributed by atoms with Gasteiger partial charge in [-0.15, -0.1) is 0 Å². The maximum atomic E-state index is 6.38. The fourth-order valence-electron chi connectivity index (χ4n) is 5.41. The molecule has 192 valence electrons. The lowest BCUT2D eigenvalue weighted by molar-refractivity contribution is 0.669. The van der Waals surface area contributed by atoms with E-state index in [1.165, 1.54) is 5.39 Å². The van der Waals surface area contributed by atoms with Crippen molar-refractivity contribution in [3.63, 3.8) is 0 Å². The molecule has 0 radical (unpaired) electrons. The molecule has 0 bridgehead atoms. The van der Waals surface area contributed by atoms with E-state index in [9.17, 15) is 0 Å². The molecule has 0 N–H and O–H groups in total. The number of hydrogen-bond donors (Lipinski definition) is 0. The van der Waals surface area contributed by atoms with Gasteiger partial charge in [-0.2, -0.15) is 0 Å². The Morgan fingerprint density at radius 2 is 0.829 bits per heavy atom. The van der Waals surface area contributed by atoms with Crippen molar-refractivity contribution in [1.82, 2.24) is 15.0 Å². The van der Waals surface area contributed by atoms with Crippen LogP contribution in [0.3, 0.4) is 0 Å². The summed E-state index contributed by atoms with van der Waals surface area (Å²) in [5, 5.41) is 4.48. The van der Waals surface area contributed by atoms with Crippen molar-refractivity contribution in [2.75, 3.05) is 0 Å². The number of nitrogens with zero attached hydrogens (tertiary/aromatic N) is 3. The number of fused-ring (bicyclic) bond motifs is 4. The minimum atomic E-state index is 0.606. The second-order valence-electron chi connectivity index (χ2n) is 10.1. The maximum absolute atomic E-state index is 6.38. The molecule has 0 aliphatic carbocycles. The van der Waals surface area contributed by atoms with Gasteiger partial charge in [0.2, 0.25) is 0 Å². The van der Waals surface area contributed by atoms with E-state index in [1.54, 1.807) is 0 Å². The Labute approximate surface area is 236 Å². The first-order valence-corrected chi connectivity index (χ1v) is 13.6. The standard InChI is InChI=1S/C37H23N3O/c1-3-9-24(10-4-1)28-17-19-31-32-20-18-30(23-34(32)41-33(31)22-28)37-39-35(26-12-5-2-6-13-26)38-36(40-37)29-16-15-25-11-7-8-14-27(25)21-29/h1-23H. The summed E-state index contributed by atoms with van der Waals surface area (Å²) in [5.41, 5.74) is 6.71. The summed E-state index contributed by atoms with van der Waals surface area (Å²) in [7, 11) is 0. The number of furan rings is 1. The summed E-state index contributed by atoms with van der Waals surface area (Å²) in [4.78, 5) is 14.8. The fraction of sp³-hybridized carbons (Fsp3) is 0. The highest BCUT2D eigenvalue weighted by atomic mass is 16.3. The van der Waals surface area contributed by atoms with Gasteiger partial charge in [-0.05, 0) is 52.2 Å². The van der Waals surface area contributed by atoms with Crippen molar-refractivity contribution < 1.29 is 4.42 Å². The van der Waals surface area contributed by atoms with Gasteiger partial charge in [0, 0.05) is 27.5 Å². The van der Waals surface area contributed by atoms with Crippen LogP contribution in [-0.4, -0.2) is 15.0 Å². The molecule has 4 nitrogen and oxygen atoms in total. The van der Waals surface area contributed by atoms with Gasteiger partial charge in [0.25, 0.3) is 0 Å². The molecule has 0 amide bonds. The molecular weight excluding hydrogens is 502 g/mol. The van der Waals surface area contributed by atoms with Gasteiger partial charge in [0.15, 0.2) is 17.5 Å². The largest absolute Gasteiger partial charge is 0.456 e. The van der Waals surface area contributed by atoms with Crippen LogP contribution in [0.25, 0.3) is 78.0 Å². The van der Waals surface area contributed by atoms with Crippen molar-refractivity contribution in [3.05, 3.63) is 140 Å². The molecule has 41 heavy (non-hydrogen) atoms. The Morgan fingerprint density at radius 1 is 0.341 bits per heavy atom. The summed E-state index contributed by atoms with van der Waals surface area (Å²) in [5.74, 6) is 1.88. The van der Waals surface area contributed by atoms with Crippen molar-refractivity contribution in [2.24, 2.45) is 0 Å². The predicted octanol–water partition coefficient (Wildman–Crippen LogP) is 9.59. The van der Waals surface area contributed by atoms with Gasteiger partial charge >= 0.3 is 0 Å². The van der Waals surface area contributed by atoms with E-state index in [0.717, 1.165) is 55.1 Å². The van der Waals surface area contributed by atoms with Gasteiger partial charge in [0.05, 0.1) is 0 Å². The molecule has 0 atom stereocenters. The Morgan fingerprint density at radius 3 is 1.51 bits per heavy atom. The topological polar surface area (TPSA) is 51.8 Å². The molecule has 4 heteroatoms. The van der Waals surface area contributed by atoms with E-state index >= 15 is 0 Å². The van der Waals surface area contributed by atoms with Gasteiger partial charge < -0.3 is 4.42 Å². The monoisotopic (exact) mass is 525 g/mol. The third-order valence-electron chi connectivity index (χ3n) is 7.51. The first-order valence-electron chi connectivity index (χ1n) is 13.6. The highest BCUT2D eigenvalue weighted by Crippen LogP contribution is 2.35. The molecule has 8 aromatic rings. The van der Waals surface area contributed by atoms with Crippen LogP contribution in [0.2, 0.25) is 0 Å². The first-order chi connectivity index (χ1) is 20.3. The highest BCUT2D eigenvalue weighted by Gasteiger charge is 2.15. The Bertz CT molecular complexity index is 2200. The second kappa shape index (κ2) is 9.54. The molecule has 0 unspecified atom stereocenters. The van der Waals surface area contributed by atoms with E-state index < -0.39 is 0 Å². The van der Waals surface area contributed by atoms with Crippen molar-refractivity contribution in [3.8, 4) is 45.3 Å². The molecule has 2 aromatic heterocycles. The van der Waals surface area contributed by atoms with Crippen LogP contribution in [0.15, 0.2) is 144 Å². The van der Waals surface area contributed by atoms with Crippen molar-refractivity contribution >= 4 is 32.7 Å². The number of hydrogen-bond acceptors (Lipinski definition) is 4. The molecule has 2 heterocycles.